The van der Waals surface area contributed by atoms with E-state index >= 15 is 0 Å². The van der Waals surface area contributed by atoms with Crippen LogP contribution in [-0.4, -0.2) is 26.2 Å². The van der Waals surface area contributed by atoms with Gasteiger partial charge in [0.2, 0.25) is 0 Å². The molecule has 0 aromatic heterocycles. The zero-order valence-electron chi connectivity index (χ0n) is 12.9. The SMILES string of the molecule is COc1ccc(CN(C)Cc2ccc(F)c(F)c2)cc1OC. The Kier molecular flexibility index (Phi) is 5.33. The van der Waals surface area contributed by atoms with E-state index in [2.05, 4.69) is 0 Å². The normalized spacial score (nSPS) is 10.8. The summed E-state index contributed by atoms with van der Waals surface area (Å²) in [6.45, 7) is 1.17. The Balaban J connectivity index is 2.05. The largest absolute Gasteiger partial charge is 0.493 e. The molecule has 0 radical (unpaired) electrons. The van der Waals surface area contributed by atoms with Crippen LogP contribution < -0.4 is 9.47 Å². The summed E-state index contributed by atoms with van der Waals surface area (Å²) < 4.78 is 36.6. The zero-order chi connectivity index (χ0) is 16.1. The topological polar surface area (TPSA) is 21.7 Å². The van der Waals surface area contributed by atoms with Crippen molar-refractivity contribution in [2.45, 2.75) is 13.1 Å². The quantitative estimate of drug-likeness (QED) is 0.813. The standard InChI is InChI=1S/C17H19F2NO2/c1-20(10-12-4-6-14(18)15(19)8-12)11-13-5-7-16(21-2)17(9-13)22-3/h4-9H,10-11H2,1-3H3. The number of ether oxygens (including phenoxy) is 2. The minimum absolute atomic E-state index is 0.519. The van der Waals surface area contributed by atoms with E-state index in [1.165, 1.54) is 6.07 Å². The lowest BCUT2D eigenvalue weighted by Gasteiger charge is -2.18. The number of hydrogen-bond acceptors (Lipinski definition) is 3. The molecule has 0 amide bonds. The highest BCUT2D eigenvalue weighted by Crippen LogP contribution is 2.28. The fourth-order valence-corrected chi connectivity index (χ4v) is 2.30. The van der Waals surface area contributed by atoms with E-state index in [9.17, 15) is 8.78 Å². The molecule has 0 heterocycles. The van der Waals surface area contributed by atoms with Crippen LogP contribution in [0.2, 0.25) is 0 Å². The van der Waals surface area contributed by atoms with Gasteiger partial charge in [0.05, 0.1) is 14.2 Å². The number of rotatable bonds is 6. The lowest BCUT2D eigenvalue weighted by molar-refractivity contribution is 0.315. The van der Waals surface area contributed by atoms with E-state index in [0.29, 0.717) is 24.6 Å². The highest BCUT2D eigenvalue weighted by atomic mass is 19.2. The number of methoxy groups -OCH3 is 2. The average molecular weight is 307 g/mol. The monoisotopic (exact) mass is 307 g/mol. The molecule has 2 aromatic rings. The predicted octanol–water partition coefficient (Wildman–Crippen LogP) is 3.61. The van der Waals surface area contributed by atoms with Crippen molar-refractivity contribution in [3.05, 3.63) is 59.2 Å². The summed E-state index contributed by atoms with van der Waals surface area (Å²) in [5.41, 5.74) is 1.77. The maximum absolute atomic E-state index is 13.2. The van der Waals surface area contributed by atoms with Crippen molar-refractivity contribution in [1.82, 2.24) is 4.90 Å². The zero-order valence-corrected chi connectivity index (χ0v) is 12.9. The van der Waals surface area contributed by atoms with Crippen LogP contribution in [0.1, 0.15) is 11.1 Å². The third-order valence-corrected chi connectivity index (χ3v) is 3.34. The van der Waals surface area contributed by atoms with E-state index in [0.717, 1.165) is 17.2 Å². The van der Waals surface area contributed by atoms with Gasteiger partial charge in [-0.3, -0.25) is 4.90 Å². The minimum atomic E-state index is -0.828. The first kappa shape index (κ1) is 16.2. The van der Waals surface area contributed by atoms with E-state index in [1.54, 1.807) is 20.3 Å². The molecule has 0 saturated heterocycles. The van der Waals surface area contributed by atoms with Gasteiger partial charge in [-0.15, -0.1) is 0 Å². The predicted molar refractivity (Wildman–Crippen MR) is 81.1 cm³/mol. The molecule has 0 aliphatic rings. The molecule has 0 bridgehead atoms. The van der Waals surface area contributed by atoms with Crippen LogP contribution in [0.25, 0.3) is 0 Å². The van der Waals surface area contributed by atoms with Gasteiger partial charge in [0.25, 0.3) is 0 Å². The van der Waals surface area contributed by atoms with Gasteiger partial charge >= 0.3 is 0 Å². The number of benzene rings is 2. The summed E-state index contributed by atoms with van der Waals surface area (Å²) in [5, 5.41) is 0. The minimum Gasteiger partial charge on any atom is -0.493 e. The Morgan fingerprint density at radius 3 is 2.00 bits per heavy atom. The van der Waals surface area contributed by atoms with Crippen molar-refractivity contribution in [2.24, 2.45) is 0 Å². The maximum atomic E-state index is 13.2. The molecule has 3 nitrogen and oxygen atoms in total. The lowest BCUT2D eigenvalue weighted by Crippen LogP contribution is -2.17. The molecule has 0 N–H and O–H groups in total. The molecule has 2 aromatic carbocycles. The molecule has 0 fully saturated rings. The summed E-state index contributed by atoms with van der Waals surface area (Å²) in [7, 11) is 5.09. The molecular weight excluding hydrogens is 288 g/mol. The summed E-state index contributed by atoms with van der Waals surface area (Å²) in [4.78, 5) is 2.01. The van der Waals surface area contributed by atoms with Crippen molar-refractivity contribution >= 4 is 0 Å². The summed E-state index contributed by atoms with van der Waals surface area (Å²) in [6.07, 6.45) is 0. The van der Waals surface area contributed by atoms with Crippen LogP contribution in [0.3, 0.4) is 0 Å². The van der Waals surface area contributed by atoms with E-state index in [4.69, 9.17) is 9.47 Å². The second-order valence-electron chi connectivity index (χ2n) is 5.11. The Morgan fingerprint density at radius 2 is 1.41 bits per heavy atom. The fraction of sp³-hybridized carbons (Fsp3) is 0.294. The molecule has 0 aliphatic heterocycles. The molecule has 5 heteroatoms. The third-order valence-electron chi connectivity index (χ3n) is 3.34. The molecule has 118 valence electrons. The first-order valence-corrected chi connectivity index (χ1v) is 6.87. The molecule has 2 rings (SSSR count). The second-order valence-corrected chi connectivity index (χ2v) is 5.11. The van der Waals surface area contributed by atoms with Crippen LogP contribution in [0.4, 0.5) is 8.78 Å². The first-order valence-electron chi connectivity index (χ1n) is 6.87. The number of nitrogens with zero attached hydrogens (tertiary/aromatic N) is 1. The smallest absolute Gasteiger partial charge is 0.161 e. The van der Waals surface area contributed by atoms with Gasteiger partial charge < -0.3 is 9.47 Å². The number of hydrogen-bond donors (Lipinski definition) is 0. The van der Waals surface area contributed by atoms with Crippen LogP contribution in [0.15, 0.2) is 36.4 Å². The van der Waals surface area contributed by atoms with Gasteiger partial charge in [-0.1, -0.05) is 12.1 Å². The average Bonchev–Trinajstić information content (AvgIpc) is 2.50. The van der Waals surface area contributed by atoms with E-state index in [1.807, 2.05) is 30.1 Å². The van der Waals surface area contributed by atoms with Gasteiger partial charge in [0, 0.05) is 13.1 Å². The Labute approximate surface area is 129 Å². The summed E-state index contributed by atoms with van der Waals surface area (Å²) >= 11 is 0. The maximum Gasteiger partial charge on any atom is 0.161 e. The van der Waals surface area contributed by atoms with Crippen molar-refractivity contribution < 1.29 is 18.3 Å². The lowest BCUT2D eigenvalue weighted by atomic mass is 10.1. The highest BCUT2D eigenvalue weighted by Gasteiger charge is 2.08. The van der Waals surface area contributed by atoms with Gasteiger partial charge in [-0.05, 0) is 42.4 Å². The van der Waals surface area contributed by atoms with Gasteiger partial charge in [0.1, 0.15) is 0 Å². The molecule has 0 saturated carbocycles. The van der Waals surface area contributed by atoms with Crippen LogP contribution in [0.5, 0.6) is 11.5 Å². The molecule has 0 aliphatic carbocycles. The van der Waals surface area contributed by atoms with Crippen molar-refractivity contribution in [2.75, 3.05) is 21.3 Å². The molecule has 0 atom stereocenters. The number of halogens is 2. The van der Waals surface area contributed by atoms with Gasteiger partial charge in [-0.2, -0.15) is 0 Å². The Morgan fingerprint density at radius 1 is 0.818 bits per heavy atom. The molecule has 0 spiro atoms. The molecular formula is C17H19F2NO2. The Hall–Kier alpha value is -2.14. The van der Waals surface area contributed by atoms with E-state index < -0.39 is 11.6 Å². The van der Waals surface area contributed by atoms with Crippen molar-refractivity contribution in [3.8, 4) is 11.5 Å². The second kappa shape index (κ2) is 7.22. The van der Waals surface area contributed by atoms with Crippen molar-refractivity contribution in [1.29, 1.82) is 0 Å². The third kappa shape index (κ3) is 3.95. The first-order chi connectivity index (χ1) is 10.5. The summed E-state index contributed by atoms with van der Waals surface area (Å²) in [5.74, 6) is -0.306. The Bertz CT molecular complexity index is 647. The fourth-order valence-electron chi connectivity index (χ4n) is 2.30. The molecule has 22 heavy (non-hydrogen) atoms. The van der Waals surface area contributed by atoms with Crippen LogP contribution in [-0.2, 0) is 13.1 Å². The van der Waals surface area contributed by atoms with E-state index in [-0.39, 0.29) is 0 Å². The van der Waals surface area contributed by atoms with Gasteiger partial charge in [-0.25, -0.2) is 8.78 Å². The summed E-state index contributed by atoms with van der Waals surface area (Å²) in [6, 6.07) is 9.65. The molecule has 0 unspecified atom stereocenters. The van der Waals surface area contributed by atoms with Gasteiger partial charge in [0.15, 0.2) is 23.1 Å². The van der Waals surface area contributed by atoms with Crippen LogP contribution in [0, 0.1) is 11.6 Å². The van der Waals surface area contributed by atoms with Crippen molar-refractivity contribution in [3.63, 3.8) is 0 Å². The van der Waals surface area contributed by atoms with Crippen LogP contribution >= 0.6 is 0 Å². The highest BCUT2D eigenvalue weighted by molar-refractivity contribution is 5.42.